The standard InChI is InChI=1S/C19H39NO/c1-4-5-6-7-8-9-10-11-12-13-14-15-19(21)20-17-16-18(2)3/h18H,4-17H2,1-3H3,(H,20,21). The SMILES string of the molecule is CCCCCCCCCCCCCC(=O)NCCC(C)C. The maximum absolute atomic E-state index is 11.6. The Hall–Kier alpha value is -0.530. The first kappa shape index (κ1) is 20.5. The van der Waals surface area contributed by atoms with Gasteiger partial charge in [-0.2, -0.15) is 0 Å². The Balaban J connectivity index is 3.12. The van der Waals surface area contributed by atoms with Crippen LogP contribution in [0.4, 0.5) is 0 Å². The van der Waals surface area contributed by atoms with E-state index < -0.39 is 0 Å². The lowest BCUT2D eigenvalue weighted by Crippen LogP contribution is -2.24. The fourth-order valence-corrected chi connectivity index (χ4v) is 2.54. The fourth-order valence-electron chi connectivity index (χ4n) is 2.54. The van der Waals surface area contributed by atoms with Crippen molar-refractivity contribution in [3.63, 3.8) is 0 Å². The molecule has 0 rings (SSSR count). The van der Waals surface area contributed by atoms with E-state index in [1.165, 1.54) is 64.2 Å². The van der Waals surface area contributed by atoms with Gasteiger partial charge in [0.25, 0.3) is 0 Å². The molecule has 0 aliphatic carbocycles. The summed E-state index contributed by atoms with van der Waals surface area (Å²) < 4.78 is 0. The molecule has 2 nitrogen and oxygen atoms in total. The molecule has 0 aliphatic heterocycles. The van der Waals surface area contributed by atoms with Gasteiger partial charge < -0.3 is 5.32 Å². The molecule has 0 aliphatic rings. The van der Waals surface area contributed by atoms with E-state index in [4.69, 9.17) is 0 Å². The van der Waals surface area contributed by atoms with E-state index in [-0.39, 0.29) is 5.91 Å². The number of carbonyl (C=O) groups excluding carboxylic acids is 1. The van der Waals surface area contributed by atoms with E-state index in [0.29, 0.717) is 5.92 Å². The van der Waals surface area contributed by atoms with Gasteiger partial charge in [0, 0.05) is 13.0 Å². The second-order valence-corrected chi connectivity index (χ2v) is 6.82. The molecule has 2 heteroatoms. The van der Waals surface area contributed by atoms with Crippen LogP contribution in [0.3, 0.4) is 0 Å². The molecule has 0 atom stereocenters. The van der Waals surface area contributed by atoms with Crippen molar-refractivity contribution in [1.82, 2.24) is 5.32 Å². The zero-order valence-corrected chi connectivity index (χ0v) is 14.9. The highest BCUT2D eigenvalue weighted by Crippen LogP contribution is 2.11. The Morgan fingerprint density at radius 3 is 1.76 bits per heavy atom. The van der Waals surface area contributed by atoms with E-state index in [2.05, 4.69) is 26.1 Å². The topological polar surface area (TPSA) is 29.1 Å². The van der Waals surface area contributed by atoms with Gasteiger partial charge in [0.2, 0.25) is 5.91 Å². The maximum atomic E-state index is 11.6. The lowest BCUT2D eigenvalue weighted by molar-refractivity contribution is -0.121. The number of carbonyl (C=O) groups is 1. The van der Waals surface area contributed by atoms with Crippen molar-refractivity contribution in [2.75, 3.05) is 6.54 Å². The van der Waals surface area contributed by atoms with Crippen LogP contribution in [0.25, 0.3) is 0 Å². The third-order valence-electron chi connectivity index (χ3n) is 4.05. The summed E-state index contributed by atoms with van der Waals surface area (Å²) in [5.41, 5.74) is 0. The molecule has 0 saturated heterocycles. The molecule has 0 aromatic rings. The first-order valence-corrected chi connectivity index (χ1v) is 9.43. The van der Waals surface area contributed by atoms with Crippen molar-refractivity contribution in [3.05, 3.63) is 0 Å². The highest BCUT2D eigenvalue weighted by atomic mass is 16.1. The first-order chi connectivity index (χ1) is 10.2. The largest absolute Gasteiger partial charge is 0.356 e. The van der Waals surface area contributed by atoms with Gasteiger partial charge in [0.05, 0.1) is 0 Å². The van der Waals surface area contributed by atoms with Gasteiger partial charge in [-0.15, -0.1) is 0 Å². The lowest BCUT2D eigenvalue weighted by atomic mass is 10.1. The second kappa shape index (κ2) is 15.9. The Labute approximate surface area is 133 Å². The van der Waals surface area contributed by atoms with Crippen LogP contribution in [0.2, 0.25) is 0 Å². The molecule has 0 heterocycles. The molecule has 126 valence electrons. The van der Waals surface area contributed by atoms with Crippen LogP contribution < -0.4 is 5.32 Å². The normalized spacial score (nSPS) is 11.0. The number of hydrogen-bond acceptors (Lipinski definition) is 1. The molecular formula is C19H39NO. The number of rotatable bonds is 15. The average Bonchev–Trinajstić information content (AvgIpc) is 2.44. The molecule has 0 fully saturated rings. The van der Waals surface area contributed by atoms with Gasteiger partial charge in [0.1, 0.15) is 0 Å². The van der Waals surface area contributed by atoms with Crippen molar-refractivity contribution in [2.45, 2.75) is 104 Å². The Morgan fingerprint density at radius 1 is 0.810 bits per heavy atom. The van der Waals surface area contributed by atoms with Crippen molar-refractivity contribution in [2.24, 2.45) is 5.92 Å². The summed E-state index contributed by atoms with van der Waals surface area (Å²) in [6.07, 6.45) is 16.5. The molecule has 0 saturated carbocycles. The molecule has 0 unspecified atom stereocenters. The molecule has 0 bridgehead atoms. The molecule has 1 N–H and O–H groups in total. The highest BCUT2D eigenvalue weighted by Gasteiger charge is 2.01. The fraction of sp³-hybridized carbons (Fsp3) is 0.947. The summed E-state index contributed by atoms with van der Waals surface area (Å²) in [4.78, 5) is 11.6. The Morgan fingerprint density at radius 2 is 1.29 bits per heavy atom. The molecule has 0 aromatic heterocycles. The second-order valence-electron chi connectivity index (χ2n) is 6.82. The van der Waals surface area contributed by atoms with E-state index in [1.807, 2.05) is 0 Å². The van der Waals surface area contributed by atoms with E-state index in [9.17, 15) is 4.79 Å². The van der Waals surface area contributed by atoms with Crippen molar-refractivity contribution < 1.29 is 4.79 Å². The lowest BCUT2D eigenvalue weighted by Gasteiger charge is -2.07. The monoisotopic (exact) mass is 297 g/mol. The third-order valence-corrected chi connectivity index (χ3v) is 4.05. The van der Waals surface area contributed by atoms with Crippen molar-refractivity contribution in [3.8, 4) is 0 Å². The molecule has 0 spiro atoms. The molecule has 0 aromatic carbocycles. The van der Waals surface area contributed by atoms with E-state index in [1.54, 1.807) is 0 Å². The number of hydrogen-bond donors (Lipinski definition) is 1. The van der Waals surface area contributed by atoms with Crippen LogP contribution >= 0.6 is 0 Å². The number of unbranched alkanes of at least 4 members (excludes halogenated alkanes) is 10. The summed E-state index contributed by atoms with van der Waals surface area (Å²) in [6.45, 7) is 7.49. The van der Waals surface area contributed by atoms with Gasteiger partial charge in [-0.1, -0.05) is 85.0 Å². The molecular weight excluding hydrogens is 258 g/mol. The molecule has 1 amide bonds. The minimum absolute atomic E-state index is 0.242. The predicted octanol–water partition coefficient (Wildman–Crippen LogP) is 5.85. The Bertz CT molecular complexity index is 226. The van der Waals surface area contributed by atoms with Gasteiger partial charge in [-0.25, -0.2) is 0 Å². The smallest absolute Gasteiger partial charge is 0.219 e. The summed E-state index contributed by atoms with van der Waals surface area (Å²) in [5, 5.41) is 3.01. The zero-order chi connectivity index (χ0) is 15.8. The quantitative estimate of drug-likeness (QED) is 0.377. The summed E-state index contributed by atoms with van der Waals surface area (Å²) >= 11 is 0. The minimum Gasteiger partial charge on any atom is -0.356 e. The average molecular weight is 298 g/mol. The zero-order valence-electron chi connectivity index (χ0n) is 14.9. The van der Waals surface area contributed by atoms with Crippen LogP contribution in [0.5, 0.6) is 0 Å². The number of nitrogens with one attached hydrogen (secondary N) is 1. The molecule has 21 heavy (non-hydrogen) atoms. The predicted molar refractivity (Wildman–Crippen MR) is 93.5 cm³/mol. The van der Waals surface area contributed by atoms with Gasteiger partial charge in [-0.05, 0) is 18.8 Å². The van der Waals surface area contributed by atoms with Crippen molar-refractivity contribution >= 4 is 5.91 Å². The molecule has 0 radical (unpaired) electrons. The number of amides is 1. The Kier molecular flexibility index (Phi) is 15.5. The first-order valence-electron chi connectivity index (χ1n) is 9.43. The minimum atomic E-state index is 0.242. The maximum Gasteiger partial charge on any atom is 0.219 e. The van der Waals surface area contributed by atoms with Crippen LogP contribution in [0.15, 0.2) is 0 Å². The van der Waals surface area contributed by atoms with Crippen LogP contribution in [0.1, 0.15) is 104 Å². The van der Waals surface area contributed by atoms with Crippen LogP contribution in [0, 0.1) is 5.92 Å². The summed E-state index contributed by atoms with van der Waals surface area (Å²) in [7, 11) is 0. The highest BCUT2D eigenvalue weighted by molar-refractivity contribution is 5.75. The summed E-state index contributed by atoms with van der Waals surface area (Å²) in [5.74, 6) is 0.916. The van der Waals surface area contributed by atoms with Gasteiger partial charge >= 0.3 is 0 Å². The van der Waals surface area contributed by atoms with Gasteiger partial charge in [0.15, 0.2) is 0 Å². The summed E-state index contributed by atoms with van der Waals surface area (Å²) in [6, 6.07) is 0. The van der Waals surface area contributed by atoms with Crippen LogP contribution in [-0.2, 0) is 4.79 Å². The van der Waals surface area contributed by atoms with Gasteiger partial charge in [-0.3, -0.25) is 4.79 Å². The van der Waals surface area contributed by atoms with E-state index >= 15 is 0 Å². The van der Waals surface area contributed by atoms with E-state index in [0.717, 1.165) is 25.8 Å². The third kappa shape index (κ3) is 17.4. The van der Waals surface area contributed by atoms with Crippen molar-refractivity contribution in [1.29, 1.82) is 0 Å². The van der Waals surface area contributed by atoms with Crippen LogP contribution in [-0.4, -0.2) is 12.5 Å².